The van der Waals surface area contributed by atoms with Crippen LogP contribution in [0.4, 0.5) is 0 Å². The Morgan fingerprint density at radius 1 is 0.634 bits per heavy atom. The van der Waals surface area contributed by atoms with Crippen molar-refractivity contribution in [2.45, 2.75) is 104 Å². The third-order valence-corrected chi connectivity index (χ3v) is 7.14. The van der Waals surface area contributed by atoms with Crippen molar-refractivity contribution in [1.82, 2.24) is 0 Å². The Balaban J connectivity index is 1.87. The minimum atomic E-state index is -2.09. The minimum absolute atomic E-state index is 0.783. The van der Waals surface area contributed by atoms with E-state index in [2.05, 4.69) is 0 Å². The zero-order chi connectivity index (χ0) is 30.8. The molecule has 12 N–H and O–H groups in total. The van der Waals surface area contributed by atoms with E-state index in [9.17, 15) is 65.8 Å². The maximum Gasteiger partial charge on any atom is 0.372 e. The van der Waals surface area contributed by atoms with E-state index in [0.717, 1.165) is 0 Å². The van der Waals surface area contributed by atoms with E-state index in [4.69, 9.17) is 28.8 Å². The zero-order valence-corrected chi connectivity index (χ0v) is 21.3. The lowest BCUT2D eigenvalue weighted by atomic mass is 9.93. The highest BCUT2D eigenvalue weighted by Gasteiger charge is 2.55. The summed E-state index contributed by atoms with van der Waals surface area (Å²) >= 11 is 0. The van der Waals surface area contributed by atoms with Crippen molar-refractivity contribution < 1.29 is 94.6 Å². The number of aliphatic hydroxyl groups is 11. The van der Waals surface area contributed by atoms with Crippen LogP contribution < -0.4 is 0 Å². The molecule has 0 unspecified atom stereocenters. The Morgan fingerprint density at radius 2 is 1.15 bits per heavy atom. The molecule has 0 aromatic carbocycles. The number of carbonyl (C=O) groups excluding carboxylic acids is 1. The topological polar surface area (TPSA) is 323 Å². The predicted molar refractivity (Wildman–Crippen MR) is 122 cm³/mol. The molecule has 41 heavy (non-hydrogen) atoms. The molecule has 0 amide bonds. The number of ether oxygens (including phenoxy) is 5. The third kappa shape index (κ3) is 7.18. The van der Waals surface area contributed by atoms with Crippen LogP contribution in [0.5, 0.6) is 0 Å². The number of carboxylic acids is 1. The van der Waals surface area contributed by atoms with Crippen LogP contribution in [-0.2, 0) is 33.3 Å². The van der Waals surface area contributed by atoms with Gasteiger partial charge in [-0.2, -0.15) is 0 Å². The van der Waals surface area contributed by atoms with E-state index in [0.29, 0.717) is 0 Å². The molecule has 19 nitrogen and oxygen atoms in total. The van der Waals surface area contributed by atoms with Crippen LogP contribution in [-0.4, -0.2) is 191 Å². The van der Waals surface area contributed by atoms with Gasteiger partial charge in [0.05, 0.1) is 25.9 Å². The van der Waals surface area contributed by atoms with Gasteiger partial charge >= 0.3 is 5.97 Å². The third-order valence-electron chi connectivity index (χ3n) is 7.14. The number of carboxylic acid groups (broad SMARTS) is 1. The molecule has 3 heterocycles. The lowest BCUT2D eigenvalue weighted by molar-refractivity contribution is -0.373. The van der Waals surface area contributed by atoms with Crippen molar-refractivity contribution in [3.63, 3.8) is 0 Å². The summed E-state index contributed by atoms with van der Waals surface area (Å²) in [6.07, 6.45) is -30.1. The molecule has 0 spiro atoms. The Labute approximate surface area is 231 Å². The number of hydrogen-bond acceptors (Lipinski definition) is 18. The molecule has 0 radical (unpaired) electrons. The number of aliphatic hydroxyl groups excluding tert-OH is 11. The maximum absolute atomic E-state index is 11.8. The standard InChI is InChI=1S/C22H36O19/c23-2-6(27)16-12(31)11(30)13(32)21(38-16)41-19-14(33)17(7(28)3-24)39-22(15(19)34)40-18-8(1-5(26)20(35)36)37-9(4-25)10(18)29/h6-19,21-25,27-34H,1-4H2,(H,35,36)/t6-,7-,8+,9+,10+,11-,12-,13-,14+,15-,16+,17+,18+,19-,21+,22+/m0/s1. The Hall–Kier alpha value is -1.50. The van der Waals surface area contributed by atoms with Crippen molar-refractivity contribution >= 4 is 11.8 Å². The van der Waals surface area contributed by atoms with Gasteiger partial charge < -0.3 is 85.0 Å². The molecule has 3 aliphatic heterocycles. The normalized spacial score (nSPS) is 44.9. The molecule has 238 valence electrons. The predicted octanol–water partition coefficient (Wildman–Crippen LogP) is -8.12. The van der Waals surface area contributed by atoms with Gasteiger partial charge in [-0.15, -0.1) is 0 Å². The van der Waals surface area contributed by atoms with Crippen LogP contribution >= 0.6 is 0 Å². The molecule has 0 saturated carbocycles. The van der Waals surface area contributed by atoms with Gasteiger partial charge in [-0.1, -0.05) is 0 Å². The summed E-state index contributed by atoms with van der Waals surface area (Å²) in [5.41, 5.74) is 0. The summed E-state index contributed by atoms with van der Waals surface area (Å²) in [5, 5.41) is 120. The van der Waals surface area contributed by atoms with Crippen molar-refractivity contribution in [3.8, 4) is 0 Å². The van der Waals surface area contributed by atoms with Crippen molar-refractivity contribution in [2.75, 3.05) is 19.8 Å². The number of hydrogen-bond donors (Lipinski definition) is 12. The molecule has 19 heteroatoms. The molecule has 3 fully saturated rings. The average molecular weight is 605 g/mol. The first-order valence-corrected chi connectivity index (χ1v) is 12.6. The molecule has 3 aliphatic rings. The first-order valence-electron chi connectivity index (χ1n) is 12.6. The van der Waals surface area contributed by atoms with Crippen LogP contribution in [0.25, 0.3) is 0 Å². The monoisotopic (exact) mass is 604 g/mol. The molecule has 0 aromatic heterocycles. The quantitative estimate of drug-likeness (QED) is 0.0920. The van der Waals surface area contributed by atoms with Gasteiger partial charge in [0, 0.05) is 6.42 Å². The van der Waals surface area contributed by atoms with Gasteiger partial charge in [-0.05, 0) is 0 Å². The fourth-order valence-corrected chi connectivity index (χ4v) is 4.84. The highest BCUT2D eigenvalue weighted by atomic mass is 16.7. The fraction of sp³-hybridized carbons (Fsp3) is 0.909. The summed E-state index contributed by atoms with van der Waals surface area (Å²) in [5.74, 6) is -3.16. The Kier molecular flexibility index (Phi) is 11.9. The summed E-state index contributed by atoms with van der Waals surface area (Å²) in [6.45, 7) is -2.71. The largest absolute Gasteiger partial charge is 0.475 e. The van der Waals surface area contributed by atoms with Gasteiger partial charge in [0.15, 0.2) is 12.6 Å². The van der Waals surface area contributed by atoms with E-state index in [1.807, 2.05) is 0 Å². The molecule has 0 aliphatic carbocycles. The van der Waals surface area contributed by atoms with Crippen LogP contribution in [0.2, 0.25) is 0 Å². The molecular weight excluding hydrogens is 568 g/mol. The summed E-state index contributed by atoms with van der Waals surface area (Å²) in [7, 11) is 0. The molecular formula is C22H36O19. The molecule has 16 atom stereocenters. The maximum atomic E-state index is 11.8. The van der Waals surface area contributed by atoms with Gasteiger partial charge in [-0.25, -0.2) is 4.79 Å². The fourth-order valence-electron chi connectivity index (χ4n) is 4.84. The van der Waals surface area contributed by atoms with Gasteiger partial charge in [0.25, 0.3) is 0 Å². The van der Waals surface area contributed by atoms with E-state index in [1.165, 1.54) is 0 Å². The van der Waals surface area contributed by atoms with E-state index in [-0.39, 0.29) is 0 Å². The van der Waals surface area contributed by atoms with Gasteiger partial charge in [0.2, 0.25) is 5.78 Å². The Morgan fingerprint density at radius 3 is 1.66 bits per heavy atom. The number of ketones is 1. The molecule has 3 saturated heterocycles. The second-order valence-electron chi connectivity index (χ2n) is 9.91. The van der Waals surface area contributed by atoms with Crippen LogP contribution in [0.15, 0.2) is 0 Å². The Bertz CT molecular complexity index is 876. The first-order chi connectivity index (χ1) is 19.3. The van der Waals surface area contributed by atoms with Gasteiger partial charge in [-0.3, -0.25) is 4.79 Å². The summed E-state index contributed by atoms with van der Waals surface area (Å²) in [6, 6.07) is 0. The number of carbonyl (C=O) groups is 2. The molecule has 0 aromatic rings. The lowest BCUT2D eigenvalue weighted by Crippen LogP contribution is -2.67. The van der Waals surface area contributed by atoms with Crippen molar-refractivity contribution in [3.05, 3.63) is 0 Å². The van der Waals surface area contributed by atoms with E-state index < -0.39 is 136 Å². The first kappa shape index (κ1) is 34.0. The van der Waals surface area contributed by atoms with Crippen LogP contribution in [0.1, 0.15) is 6.42 Å². The number of Topliss-reactive ketones (excluding diaryl/α,β-unsaturated/α-hetero) is 1. The number of rotatable bonds is 12. The summed E-state index contributed by atoms with van der Waals surface area (Å²) < 4.78 is 27.0. The summed E-state index contributed by atoms with van der Waals surface area (Å²) in [4.78, 5) is 22.8. The average Bonchev–Trinajstić information content (AvgIpc) is 3.24. The SMILES string of the molecule is O=C(O)C(=O)C[C@H]1O[C@H](CO)[C@@H](O)[C@@H]1O[C@H]1O[C@H]([C@@H](O)CO)[C@@H](O)[C@H](O[C@H]2O[C@H]([C@@H](O)CO)[C@@H](O)[C@H](O)[C@@H]2O)[C@@H]1O. The van der Waals surface area contributed by atoms with Crippen LogP contribution in [0, 0.1) is 0 Å². The minimum Gasteiger partial charge on any atom is -0.475 e. The lowest BCUT2D eigenvalue weighted by Gasteiger charge is -2.47. The van der Waals surface area contributed by atoms with E-state index >= 15 is 0 Å². The smallest absolute Gasteiger partial charge is 0.372 e. The molecule has 3 rings (SSSR count). The second kappa shape index (κ2) is 14.3. The highest BCUT2D eigenvalue weighted by Crippen LogP contribution is 2.34. The highest BCUT2D eigenvalue weighted by molar-refractivity contribution is 6.32. The second-order valence-corrected chi connectivity index (χ2v) is 9.91. The zero-order valence-electron chi connectivity index (χ0n) is 21.3. The van der Waals surface area contributed by atoms with Gasteiger partial charge in [0.1, 0.15) is 79.4 Å². The van der Waals surface area contributed by atoms with Crippen LogP contribution in [0.3, 0.4) is 0 Å². The van der Waals surface area contributed by atoms with Crippen molar-refractivity contribution in [1.29, 1.82) is 0 Å². The number of aliphatic carboxylic acids is 1. The molecule has 0 bridgehead atoms. The van der Waals surface area contributed by atoms with Crippen molar-refractivity contribution in [2.24, 2.45) is 0 Å². The van der Waals surface area contributed by atoms with E-state index in [1.54, 1.807) is 0 Å².